The minimum Gasteiger partial charge on any atom is -0.166 e. The summed E-state index contributed by atoms with van der Waals surface area (Å²) in [6.07, 6.45) is -8.92. The van der Waals surface area contributed by atoms with Gasteiger partial charge in [-0.05, 0) is 128 Å². The molecule has 0 heterocycles. The first-order valence-corrected chi connectivity index (χ1v) is 12.6. The molecule has 3 aromatic carbocycles. The van der Waals surface area contributed by atoms with Crippen LogP contribution in [-0.4, -0.2) is 0 Å². The lowest BCUT2D eigenvalue weighted by Crippen LogP contribution is -2.11. The maximum atomic E-state index is 13.0. The summed E-state index contributed by atoms with van der Waals surface area (Å²) >= 11 is 6.48. The fraction of sp³-hybridized carbons (Fsp3) is 0.100. The van der Waals surface area contributed by atoms with E-state index in [1.165, 1.54) is 24.3 Å². The molecule has 10 heteroatoms. The Labute approximate surface area is 212 Å². The third-order valence-corrected chi connectivity index (χ3v) is 9.39. The van der Waals surface area contributed by atoms with Gasteiger partial charge in [0.15, 0.2) is 14.7 Å². The quantitative estimate of drug-likeness (QED) is 0.142. The second-order valence-electron chi connectivity index (χ2n) is 6.05. The Morgan fingerprint density at radius 2 is 0.900 bits per heavy atom. The first-order valence-electron chi connectivity index (χ1n) is 8.11. The summed E-state index contributed by atoms with van der Waals surface area (Å²) in [4.78, 5) is 2.07. The highest BCUT2D eigenvalue weighted by Gasteiger charge is 2.37. The summed E-state index contributed by atoms with van der Waals surface area (Å²) in [6.45, 7) is 0. The van der Waals surface area contributed by atoms with Crippen LogP contribution in [-0.2, 0) is 23.2 Å². The van der Waals surface area contributed by atoms with Gasteiger partial charge in [0.1, 0.15) is 10.9 Å². The summed E-state index contributed by atoms with van der Waals surface area (Å²) in [5.41, 5.74) is -1.54. The highest BCUT2D eigenvalue weighted by Crippen LogP contribution is 2.40. The van der Waals surface area contributed by atoms with Gasteiger partial charge in [0.25, 0.3) is 0 Å². The monoisotopic (exact) mass is 777 g/mol. The van der Waals surface area contributed by atoms with Crippen LogP contribution in [0.15, 0.2) is 75.4 Å². The van der Waals surface area contributed by atoms with Crippen LogP contribution in [0, 0.1) is 10.7 Å². The third-order valence-electron chi connectivity index (χ3n) is 4.00. The second-order valence-corrected chi connectivity index (χ2v) is 11.6. The number of alkyl halides is 6. The van der Waals surface area contributed by atoms with Gasteiger partial charge in [-0.1, -0.05) is 0 Å². The molecular weight excluding hydrogens is 767 g/mol. The molecule has 0 atom stereocenters. The Kier molecular flexibility index (Phi) is 7.60. The zero-order valence-corrected chi connectivity index (χ0v) is 21.9. The summed E-state index contributed by atoms with van der Waals surface area (Å²) in [5.74, 6) is 0. The molecule has 3 aromatic rings. The molecule has 0 radical (unpaired) electrons. The van der Waals surface area contributed by atoms with Crippen LogP contribution in [0.2, 0.25) is 0 Å². The average Bonchev–Trinajstić information content (AvgIpc) is 2.63. The fourth-order valence-corrected chi connectivity index (χ4v) is 9.63. The van der Waals surface area contributed by atoms with E-state index < -0.39 is 34.4 Å². The van der Waals surface area contributed by atoms with Gasteiger partial charge in [0.2, 0.25) is 0 Å². The van der Waals surface area contributed by atoms with Crippen molar-refractivity contribution in [3.8, 4) is 0 Å². The molecule has 0 saturated carbocycles. The maximum absolute atomic E-state index is 13.0. The highest BCUT2D eigenvalue weighted by atomic mass is 127. The minimum absolute atomic E-state index is 0.597. The lowest BCUT2D eigenvalue weighted by atomic mass is 10.2. The Bertz CT molecular complexity index is 964. The van der Waals surface area contributed by atoms with Gasteiger partial charge in [-0.15, -0.1) is 0 Å². The van der Waals surface area contributed by atoms with Gasteiger partial charge >= 0.3 is 12.4 Å². The largest absolute Gasteiger partial charge is 0.416 e. The molecule has 0 spiro atoms. The molecule has 0 aliphatic carbocycles. The fourth-order valence-electron chi connectivity index (χ4n) is 2.66. The molecule has 0 unspecified atom stereocenters. The van der Waals surface area contributed by atoms with Crippen molar-refractivity contribution in [2.45, 2.75) is 27.0 Å². The Hall–Kier alpha value is -0.220. The second kappa shape index (κ2) is 9.33. The SMILES string of the molecule is FC(F)(F)c1ccc([S+](c2ccc(C(F)(F)F)cc2)c2c(I)cc(I)cc2I)cc1. The van der Waals surface area contributed by atoms with Gasteiger partial charge in [-0.25, -0.2) is 0 Å². The van der Waals surface area contributed by atoms with E-state index in [2.05, 4.69) is 67.8 Å². The van der Waals surface area contributed by atoms with E-state index in [4.69, 9.17) is 0 Å². The first-order chi connectivity index (χ1) is 13.9. The van der Waals surface area contributed by atoms with Crippen LogP contribution in [0.5, 0.6) is 0 Å². The first kappa shape index (κ1) is 24.4. The van der Waals surface area contributed by atoms with Crippen molar-refractivity contribution in [2.24, 2.45) is 0 Å². The van der Waals surface area contributed by atoms with E-state index in [0.29, 0.717) is 9.79 Å². The molecule has 0 amide bonds. The number of halogens is 9. The van der Waals surface area contributed by atoms with Crippen LogP contribution >= 0.6 is 67.8 Å². The Balaban J connectivity index is 2.18. The zero-order chi connectivity index (χ0) is 22.3. The number of rotatable bonds is 3. The van der Waals surface area contributed by atoms with Crippen LogP contribution in [0.3, 0.4) is 0 Å². The van der Waals surface area contributed by atoms with Crippen molar-refractivity contribution in [1.82, 2.24) is 0 Å². The van der Waals surface area contributed by atoms with Crippen molar-refractivity contribution in [3.63, 3.8) is 0 Å². The number of hydrogen-bond donors (Lipinski definition) is 0. The predicted octanol–water partition coefficient (Wildman–Crippen LogP) is 8.63. The maximum Gasteiger partial charge on any atom is 0.416 e. The molecular formula is C20H10F6I3S+. The van der Waals surface area contributed by atoms with E-state index >= 15 is 0 Å². The minimum atomic E-state index is -4.46. The van der Waals surface area contributed by atoms with E-state index in [1.807, 2.05) is 12.1 Å². The molecule has 0 bridgehead atoms. The summed E-state index contributed by atoms with van der Waals surface area (Å²) in [7, 11) is -0.869. The van der Waals surface area contributed by atoms with Gasteiger partial charge < -0.3 is 0 Å². The highest BCUT2D eigenvalue weighted by molar-refractivity contribution is 14.1. The molecule has 0 aliphatic heterocycles. The number of hydrogen-bond acceptors (Lipinski definition) is 0. The van der Waals surface area contributed by atoms with Crippen LogP contribution < -0.4 is 0 Å². The molecule has 3 rings (SSSR count). The zero-order valence-electron chi connectivity index (χ0n) is 14.6. The van der Waals surface area contributed by atoms with E-state index in [-0.39, 0.29) is 0 Å². The van der Waals surface area contributed by atoms with Gasteiger partial charge in [-0.3, -0.25) is 0 Å². The van der Waals surface area contributed by atoms with Crippen molar-refractivity contribution >= 4 is 78.7 Å². The van der Waals surface area contributed by atoms with E-state index in [0.717, 1.165) is 39.9 Å². The summed E-state index contributed by atoms with van der Waals surface area (Å²) in [5, 5.41) is 0. The third kappa shape index (κ3) is 5.57. The van der Waals surface area contributed by atoms with Crippen LogP contribution in [0.4, 0.5) is 26.3 Å². The van der Waals surface area contributed by atoms with Crippen LogP contribution in [0.25, 0.3) is 0 Å². The Morgan fingerprint density at radius 3 is 1.20 bits per heavy atom. The lowest BCUT2D eigenvalue weighted by Gasteiger charge is -2.14. The number of benzene rings is 3. The normalized spacial score (nSPS) is 12.5. The van der Waals surface area contributed by atoms with E-state index in [1.54, 1.807) is 0 Å². The summed E-state index contributed by atoms with van der Waals surface area (Å²) < 4.78 is 80.7. The van der Waals surface area contributed by atoms with Crippen molar-refractivity contribution in [2.75, 3.05) is 0 Å². The summed E-state index contributed by atoms with van der Waals surface area (Å²) in [6, 6.07) is 13.5. The topological polar surface area (TPSA) is 0 Å². The van der Waals surface area contributed by atoms with Crippen molar-refractivity contribution in [1.29, 1.82) is 0 Å². The predicted molar refractivity (Wildman–Crippen MR) is 130 cm³/mol. The molecule has 30 heavy (non-hydrogen) atoms. The average molecular weight is 777 g/mol. The lowest BCUT2D eigenvalue weighted by molar-refractivity contribution is -0.138. The Morgan fingerprint density at radius 1 is 0.567 bits per heavy atom. The van der Waals surface area contributed by atoms with Gasteiger partial charge in [-0.2, -0.15) is 26.3 Å². The molecule has 158 valence electrons. The molecule has 0 fully saturated rings. The van der Waals surface area contributed by atoms with Crippen LogP contribution in [0.1, 0.15) is 11.1 Å². The van der Waals surface area contributed by atoms with E-state index in [9.17, 15) is 26.3 Å². The van der Waals surface area contributed by atoms with Gasteiger partial charge in [0.05, 0.1) is 18.3 Å². The molecule has 0 aromatic heterocycles. The smallest absolute Gasteiger partial charge is 0.166 e. The standard InChI is InChI=1S/C20H10F6I3S/c21-19(22,23)11-1-5-14(6-2-11)30(18-16(28)9-13(27)10-17(18)29)15-7-3-12(4-8-15)20(24,25)26/h1-10H/q+1. The molecule has 0 N–H and O–H groups in total. The van der Waals surface area contributed by atoms with Crippen molar-refractivity contribution < 1.29 is 26.3 Å². The molecule has 0 aliphatic rings. The molecule has 0 nitrogen and oxygen atoms in total. The van der Waals surface area contributed by atoms with Crippen molar-refractivity contribution in [3.05, 3.63) is 82.5 Å². The molecule has 0 saturated heterocycles. The van der Waals surface area contributed by atoms with Gasteiger partial charge in [0, 0.05) is 3.57 Å².